The zero-order chi connectivity index (χ0) is 21.0. The maximum absolute atomic E-state index is 12.9. The third kappa shape index (κ3) is 5.94. The number of amides is 2. The second-order valence-corrected chi connectivity index (χ2v) is 6.71. The van der Waals surface area contributed by atoms with Gasteiger partial charge in [-0.2, -0.15) is 0 Å². The highest BCUT2D eigenvalue weighted by molar-refractivity contribution is 5.89. The Balaban J connectivity index is 1.51. The van der Waals surface area contributed by atoms with Crippen LogP contribution in [0.2, 0.25) is 0 Å². The van der Waals surface area contributed by atoms with E-state index >= 15 is 0 Å². The van der Waals surface area contributed by atoms with Crippen LogP contribution in [0.15, 0.2) is 48.5 Å². The second kappa shape index (κ2) is 8.50. The van der Waals surface area contributed by atoms with Crippen LogP contribution in [0.5, 0.6) is 5.75 Å². The van der Waals surface area contributed by atoms with Crippen molar-refractivity contribution in [1.29, 1.82) is 0 Å². The van der Waals surface area contributed by atoms with E-state index in [1.165, 1.54) is 41.3 Å². The summed E-state index contributed by atoms with van der Waals surface area (Å²) < 4.78 is 53.3. The largest absolute Gasteiger partial charge is 0.573 e. The summed E-state index contributed by atoms with van der Waals surface area (Å²) in [5.74, 6) is -1.71. The van der Waals surface area contributed by atoms with Gasteiger partial charge in [0.25, 0.3) is 0 Å². The summed E-state index contributed by atoms with van der Waals surface area (Å²) in [7, 11) is 0. The van der Waals surface area contributed by atoms with Gasteiger partial charge < -0.3 is 15.0 Å². The van der Waals surface area contributed by atoms with Gasteiger partial charge in [-0.3, -0.25) is 9.59 Å². The number of nitrogens with zero attached hydrogens (tertiary/aromatic N) is 1. The molecule has 0 saturated carbocycles. The fourth-order valence-corrected chi connectivity index (χ4v) is 3.05. The standard InChI is InChI=1S/C20H18F4N2O3/c21-16-5-1-13(2-6-16)10-25-19(28)15-9-18(27)26(12-15)11-14-3-7-17(8-4-14)29-20(22,23)24/h1-8,15H,9-12H2,(H,25,28). The van der Waals surface area contributed by atoms with Crippen LogP contribution < -0.4 is 10.1 Å². The van der Waals surface area contributed by atoms with Gasteiger partial charge in [0.2, 0.25) is 11.8 Å². The summed E-state index contributed by atoms with van der Waals surface area (Å²) in [5, 5.41) is 2.73. The number of hydrogen-bond donors (Lipinski definition) is 1. The fourth-order valence-electron chi connectivity index (χ4n) is 3.05. The second-order valence-electron chi connectivity index (χ2n) is 6.71. The Kier molecular flexibility index (Phi) is 6.05. The molecule has 2 aromatic carbocycles. The maximum Gasteiger partial charge on any atom is 0.573 e. The molecule has 1 N–H and O–H groups in total. The first-order valence-electron chi connectivity index (χ1n) is 8.84. The Morgan fingerprint density at radius 2 is 1.69 bits per heavy atom. The summed E-state index contributed by atoms with van der Waals surface area (Å²) in [6.45, 7) is 0.631. The molecule has 2 aromatic rings. The first-order chi connectivity index (χ1) is 13.7. The third-order valence-electron chi connectivity index (χ3n) is 4.50. The van der Waals surface area contributed by atoms with Gasteiger partial charge in [-0.25, -0.2) is 4.39 Å². The molecular weight excluding hydrogens is 392 g/mol. The minimum absolute atomic E-state index is 0.0600. The normalized spacial score (nSPS) is 16.8. The van der Waals surface area contributed by atoms with E-state index in [4.69, 9.17) is 0 Å². The highest BCUT2D eigenvalue weighted by Gasteiger charge is 2.34. The number of hydrogen-bond acceptors (Lipinski definition) is 3. The van der Waals surface area contributed by atoms with E-state index < -0.39 is 12.3 Å². The Labute approximate surface area is 164 Å². The van der Waals surface area contributed by atoms with Crippen molar-refractivity contribution in [2.75, 3.05) is 6.54 Å². The van der Waals surface area contributed by atoms with E-state index in [1.54, 1.807) is 12.1 Å². The van der Waals surface area contributed by atoms with Gasteiger partial charge in [0.05, 0.1) is 5.92 Å². The number of ether oxygens (including phenoxy) is 1. The smallest absolute Gasteiger partial charge is 0.406 e. The maximum atomic E-state index is 12.9. The molecule has 1 fully saturated rings. The van der Waals surface area contributed by atoms with Crippen molar-refractivity contribution < 1.29 is 31.9 Å². The molecule has 0 bridgehead atoms. The lowest BCUT2D eigenvalue weighted by Crippen LogP contribution is -2.32. The molecule has 2 amide bonds. The predicted molar refractivity (Wildman–Crippen MR) is 94.9 cm³/mol. The van der Waals surface area contributed by atoms with Crippen molar-refractivity contribution in [1.82, 2.24) is 10.2 Å². The molecule has 0 aliphatic carbocycles. The van der Waals surface area contributed by atoms with Gasteiger partial charge in [-0.05, 0) is 35.4 Å². The van der Waals surface area contributed by atoms with Crippen LogP contribution in [0.1, 0.15) is 17.5 Å². The number of likely N-dealkylation sites (tertiary alicyclic amines) is 1. The van der Waals surface area contributed by atoms with Gasteiger partial charge in [-0.15, -0.1) is 13.2 Å². The summed E-state index contributed by atoms with van der Waals surface area (Å²) >= 11 is 0. The van der Waals surface area contributed by atoms with Crippen LogP contribution in [0.3, 0.4) is 0 Å². The molecule has 1 aliphatic rings. The minimum Gasteiger partial charge on any atom is -0.406 e. The Bertz CT molecular complexity index is 867. The predicted octanol–water partition coefficient (Wildman–Crippen LogP) is 3.39. The summed E-state index contributed by atoms with van der Waals surface area (Å²) in [6, 6.07) is 11.0. The third-order valence-corrected chi connectivity index (χ3v) is 4.50. The van der Waals surface area contributed by atoms with E-state index in [0.717, 1.165) is 5.56 Å². The minimum atomic E-state index is -4.76. The number of carbonyl (C=O) groups excluding carboxylic acids is 2. The van der Waals surface area contributed by atoms with E-state index in [2.05, 4.69) is 10.1 Å². The molecule has 0 aromatic heterocycles. The van der Waals surface area contributed by atoms with Crippen LogP contribution in [0.4, 0.5) is 17.6 Å². The molecule has 1 aliphatic heterocycles. The number of alkyl halides is 3. The average molecular weight is 410 g/mol. The topological polar surface area (TPSA) is 58.6 Å². The zero-order valence-corrected chi connectivity index (χ0v) is 15.2. The summed E-state index contributed by atoms with van der Waals surface area (Å²) in [5.41, 5.74) is 1.36. The average Bonchev–Trinajstić information content (AvgIpc) is 3.02. The Hall–Kier alpha value is -3.10. The molecule has 0 spiro atoms. The van der Waals surface area contributed by atoms with Gasteiger partial charge in [0.1, 0.15) is 11.6 Å². The van der Waals surface area contributed by atoms with Crippen molar-refractivity contribution in [2.45, 2.75) is 25.9 Å². The van der Waals surface area contributed by atoms with Crippen molar-refractivity contribution in [3.8, 4) is 5.75 Å². The molecular formula is C20H18F4N2O3. The van der Waals surface area contributed by atoms with E-state index in [1.807, 2.05) is 0 Å². The van der Waals surface area contributed by atoms with Gasteiger partial charge >= 0.3 is 6.36 Å². The Morgan fingerprint density at radius 1 is 1.07 bits per heavy atom. The van der Waals surface area contributed by atoms with E-state index in [0.29, 0.717) is 5.56 Å². The van der Waals surface area contributed by atoms with Gasteiger partial charge in [-0.1, -0.05) is 24.3 Å². The van der Waals surface area contributed by atoms with Crippen LogP contribution in [0, 0.1) is 11.7 Å². The first-order valence-corrected chi connectivity index (χ1v) is 8.84. The molecule has 154 valence electrons. The van der Waals surface area contributed by atoms with Crippen molar-refractivity contribution in [3.63, 3.8) is 0 Å². The zero-order valence-electron chi connectivity index (χ0n) is 15.2. The highest BCUT2D eigenvalue weighted by Crippen LogP contribution is 2.25. The van der Waals surface area contributed by atoms with Crippen LogP contribution in [0.25, 0.3) is 0 Å². The molecule has 5 nitrogen and oxygen atoms in total. The van der Waals surface area contributed by atoms with Gasteiger partial charge in [0.15, 0.2) is 0 Å². The number of carbonyl (C=O) groups is 2. The Morgan fingerprint density at radius 3 is 2.31 bits per heavy atom. The van der Waals surface area contributed by atoms with E-state index in [9.17, 15) is 27.2 Å². The van der Waals surface area contributed by atoms with E-state index in [-0.39, 0.29) is 49.4 Å². The number of halogens is 4. The number of rotatable bonds is 6. The monoisotopic (exact) mass is 410 g/mol. The quantitative estimate of drug-likeness (QED) is 0.743. The lowest BCUT2D eigenvalue weighted by Gasteiger charge is -2.17. The molecule has 1 saturated heterocycles. The first kappa shape index (κ1) is 20.6. The fraction of sp³-hybridized carbons (Fsp3) is 0.300. The summed E-state index contributed by atoms with van der Waals surface area (Å²) in [4.78, 5) is 26.0. The molecule has 1 unspecified atom stereocenters. The summed E-state index contributed by atoms with van der Waals surface area (Å²) in [6.07, 6.45) is -4.70. The van der Waals surface area contributed by atoms with Gasteiger partial charge in [0, 0.05) is 26.1 Å². The van der Waals surface area contributed by atoms with Crippen LogP contribution >= 0.6 is 0 Å². The molecule has 1 atom stereocenters. The van der Waals surface area contributed by atoms with Crippen molar-refractivity contribution >= 4 is 11.8 Å². The number of nitrogens with one attached hydrogen (secondary N) is 1. The lowest BCUT2D eigenvalue weighted by atomic mass is 10.1. The molecule has 9 heteroatoms. The van der Waals surface area contributed by atoms with Crippen molar-refractivity contribution in [3.05, 3.63) is 65.5 Å². The van der Waals surface area contributed by atoms with Crippen LogP contribution in [-0.4, -0.2) is 29.6 Å². The highest BCUT2D eigenvalue weighted by atomic mass is 19.4. The molecule has 3 rings (SSSR count). The molecule has 29 heavy (non-hydrogen) atoms. The molecule has 1 heterocycles. The molecule has 0 radical (unpaired) electrons. The van der Waals surface area contributed by atoms with Crippen LogP contribution in [-0.2, 0) is 22.7 Å². The SMILES string of the molecule is O=C(NCc1ccc(F)cc1)C1CC(=O)N(Cc2ccc(OC(F)(F)F)cc2)C1. The van der Waals surface area contributed by atoms with Crippen molar-refractivity contribution in [2.24, 2.45) is 5.92 Å². The number of benzene rings is 2. The lowest BCUT2D eigenvalue weighted by molar-refractivity contribution is -0.274.